The van der Waals surface area contributed by atoms with Crippen LogP contribution in [0.4, 0.5) is 10.1 Å². The van der Waals surface area contributed by atoms with Gasteiger partial charge < -0.3 is 14.8 Å². The molecule has 7 heteroatoms. The molecule has 0 aliphatic rings. The molecule has 136 valence electrons. The molecule has 2 rings (SSSR count). The van der Waals surface area contributed by atoms with Crippen LogP contribution in [0.25, 0.3) is 0 Å². The van der Waals surface area contributed by atoms with Crippen LogP contribution in [-0.4, -0.2) is 31.1 Å². The van der Waals surface area contributed by atoms with Crippen molar-refractivity contribution in [1.29, 1.82) is 0 Å². The third kappa shape index (κ3) is 5.70. The van der Waals surface area contributed by atoms with Gasteiger partial charge in [0.05, 0.1) is 17.7 Å². The van der Waals surface area contributed by atoms with Crippen LogP contribution in [0.5, 0.6) is 0 Å². The molecule has 0 atom stereocenters. The maximum atomic E-state index is 12.8. The van der Waals surface area contributed by atoms with Gasteiger partial charge in [-0.25, -0.2) is 14.0 Å². The summed E-state index contributed by atoms with van der Waals surface area (Å²) in [5, 5.41) is 2.54. The van der Waals surface area contributed by atoms with Crippen molar-refractivity contribution < 1.29 is 28.2 Å². The van der Waals surface area contributed by atoms with Crippen LogP contribution in [0.3, 0.4) is 0 Å². The number of hydrogen-bond acceptors (Lipinski definition) is 5. The SMILES string of the molecule is CCCOC(=O)c1ccc(NC(=O)COC(=O)c2ccc(F)cc2)cc1. The van der Waals surface area contributed by atoms with Crippen molar-refractivity contribution in [3.05, 3.63) is 65.5 Å². The number of esters is 2. The molecule has 6 nitrogen and oxygen atoms in total. The van der Waals surface area contributed by atoms with E-state index in [4.69, 9.17) is 9.47 Å². The molecule has 0 heterocycles. The molecule has 0 radical (unpaired) electrons. The van der Waals surface area contributed by atoms with Gasteiger partial charge in [-0.1, -0.05) is 6.92 Å². The predicted octanol–water partition coefficient (Wildman–Crippen LogP) is 3.19. The van der Waals surface area contributed by atoms with E-state index in [2.05, 4.69) is 5.32 Å². The van der Waals surface area contributed by atoms with E-state index in [9.17, 15) is 18.8 Å². The van der Waals surface area contributed by atoms with E-state index in [1.807, 2.05) is 6.92 Å². The maximum absolute atomic E-state index is 12.8. The maximum Gasteiger partial charge on any atom is 0.338 e. The van der Waals surface area contributed by atoms with E-state index in [1.165, 1.54) is 24.3 Å². The van der Waals surface area contributed by atoms with Crippen molar-refractivity contribution in [3.8, 4) is 0 Å². The third-order valence-corrected chi connectivity index (χ3v) is 3.26. The third-order valence-electron chi connectivity index (χ3n) is 3.26. The topological polar surface area (TPSA) is 81.7 Å². The minimum absolute atomic E-state index is 0.147. The molecule has 0 aromatic heterocycles. The number of halogens is 1. The molecule has 1 amide bonds. The number of carbonyl (C=O) groups is 3. The number of ether oxygens (including phenoxy) is 2. The fourth-order valence-corrected chi connectivity index (χ4v) is 1.97. The average Bonchev–Trinajstić information content (AvgIpc) is 2.65. The van der Waals surface area contributed by atoms with E-state index < -0.39 is 30.3 Å². The molecule has 0 spiro atoms. The molecule has 2 aromatic carbocycles. The van der Waals surface area contributed by atoms with Crippen molar-refractivity contribution in [3.63, 3.8) is 0 Å². The first-order valence-electron chi connectivity index (χ1n) is 7.99. The van der Waals surface area contributed by atoms with Gasteiger partial charge in [0, 0.05) is 5.69 Å². The fraction of sp³-hybridized carbons (Fsp3) is 0.211. The van der Waals surface area contributed by atoms with Crippen molar-refractivity contribution in [2.24, 2.45) is 0 Å². The molecule has 0 saturated heterocycles. The number of carbonyl (C=O) groups excluding carboxylic acids is 3. The van der Waals surface area contributed by atoms with Gasteiger partial charge in [0.1, 0.15) is 5.82 Å². The molecule has 0 unspecified atom stereocenters. The van der Waals surface area contributed by atoms with Gasteiger partial charge >= 0.3 is 11.9 Å². The standard InChI is InChI=1S/C19H18FNO5/c1-2-11-25-18(23)14-5-9-16(10-6-14)21-17(22)12-26-19(24)13-3-7-15(20)8-4-13/h3-10H,2,11-12H2,1H3,(H,21,22). The zero-order valence-electron chi connectivity index (χ0n) is 14.2. The summed E-state index contributed by atoms with van der Waals surface area (Å²) in [7, 11) is 0. The van der Waals surface area contributed by atoms with Crippen molar-refractivity contribution in [2.45, 2.75) is 13.3 Å². The molecule has 0 aliphatic carbocycles. The van der Waals surface area contributed by atoms with Crippen molar-refractivity contribution in [1.82, 2.24) is 0 Å². The zero-order valence-corrected chi connectivity index (χ0v) is 14.2. The van der Waals surface area contributed by atoms with Crippen LogP contribution in [0.2, 0.25) is 0 Å². The smallest absolute Gasteiger partial charge is 0.338 e. The lowest BCUT2D eigenvalue weighted by molar-refractivity contribution is -0.119. The Balaban J connectivity index is 1.82. The number of hydrogen-bond donors (Lipinski definition) is 1. The molecule has 26 heavy (non-hydrogen) atoms. The first kappa shape index (κ1) is 19.1. The summed E-state index contributed by atoms with van der Waals surface area (Å²) in [6.45, 7) is 1.75. The average molecular weight is 359 g/mol. The van der Waals surface area contributed by atoms with Crippen molar-refractivity contribution >= 4 is 23.5 Å². The van der Waals surface area contributed by atoms with Crippen LogP contribution in [0.15, 0.2) is 48.5 Å². The second kappa shape index (κ2) is 9.31. The first-order chi connectivity index (χ1) is 12.5. The van der Waals surface area contributed by atoms with Crippen LogP contribution in [0, 0.1) is 5.82 Å². The van der Waals surface area contributed by atoms with Crippen LogP contribution < -0.4 is 5.32 Å². The van der Waals surface area contributed by atoms with Gasteiger partial charge in [0.2, 0.25) is 0 Å². The van der Waals surface area contributed by atoms with Crippen molar-refractivity contribution in [2.75, 3.05) is 18.5 Å². The molecule has 0 fully saturated rings. The summed E-state index contributed by atoms with van der Waals surface area (Å²) in [5.41, 5.74) is 0.966. The first-order valence-corrected chi connectivity index (χ1v) is 7.99. The van der Waals surface area contributed by atoms with Gasteiger partial charge in [-0.2, -0.15) is 0 Å². The number of benzene rings is 2. The summed E-state index contributed by atoms with van der Waals surface area (Å²) in [4.78, 5) is 35.2. The Morgan fingerprint density at radius 1 is 0.885 bits per heavy atom. The van der Waals surface area contributed by atoms with E-state index in [-0.39, 0.29) is 5.56 Å². The largest absolute Gasteiger partial charge is 0.462 e. The highest BCUT2D eigenvalue weighted by atomic mass is 19.1. The van der Waals surface area contributed by atoms with E-state index in [0.29, 0.717) is 17.9 Å². The Morgan fingerprint density at radius 3 is 2.00 bits per heavy atom. The second-order valence-corrected chi connectivity index (χ2v) is 5.34. The van der Waals surface area contributed by atoms with E-state index in [0.717, 1.165) is 18.6 Å². The fourth-order valence-electron chi connectivity index (χ4n) is 1.97. The van der Waals surface area contributed by atoms with Crippen LogP contribution in [0.1, 0.15) is 34.1 Å². The monoisotopic (exact) mass is 359 g/mol. The lowest BCUT2D eigenvalue weighted by atomic mass is 10.2. The Hall–Kier alpha value is -3.22. The lowest BCUT2D eigenvalue weighted by Crippen LogP contribution is -2.21. The quantitative estimate of drug-likeness (QED) is 0.768. The van der Waals surface area contributed by atoms with E-state index >= 15 is 0 Å². The van der Waals surface area contributed by atoms with Gasteiger partial charge in [0.15, 0.2) is 6.61 Å². The highest BCUT2D eigenvalue weighted by Gasteiger charge is 2.11. The lowest BCUT2D eigenvalue weighted by Gasteiger charge is -2.08. The number of anilines is 1. The molecule has 0 aliphatic heterocycles. The Labute approximate surface area is 149 Å². The molecule has 2 aromatic rings. The predicted molar refractivity (Wildman–Crippen MR) is 92.3 cm³/mol. The molecule has 0 saturated carbocycles. The number of rotatable bonds is 7. The highest BCUT2D eigenvalue weighted by Crippen LogP contribution is 2.11. The second-order valence-electron chi connectivity index (χ2n) is 5.34. The Morgan fingerprint density at radius 2 is 1.42 bits per heavy atom. The number of nitrogens with one attached hydrogen (secondary N) is 1. The molecule has 1 N–H and O–H groups in total. The molecular formula is C19H18FNO5. The highest BCUT2D eigenvalue weighted by molar-refractivity contribution is 5.96. The molecular weight excluding hydrogens is 341 g/mol. The zero-order chi connectivity index (χ0) is 18.9. The number of amides is 1. The summed E-state index contributed by atoms with van der Waals surface area (Å²) in [5.74, 6) is -2.17. The van der Waals surface area contributed by atoms with Crippen LogP contribution >= 0.6 is 0 Å². The van der Waals surface area contributed by atoms with Gasteiger partial charge in [-0.3, -0.25) is 4.79 Å². The van der Waals surface area contributed by atoms with Gasteiger partial charge in [-0.05, 0) is 55.0 Å². The summed E-state index contributed by atoms with van der Waals surface area (Å²) < 4.78 is 22.7. The Bertz CT molecular complexity index is 772. The summed E-state index contributed by atoms with van der Waals surface area (Å²) in [6.07, 6.45) is 0.733. The van der Waals surface area contributed by atoms with Gasteiger partial charge in [-0.15, -0.1) is 0 Å². The Kier molecular flexibility index (Phi) is 6.84. The van der Waals surface area contributed by atoms with E-state index in [1.54, 1.807) is 12.1 Å². The summed E-state index contributed by atoms with van der Waals surface area (Å²) >= 11 is 0. The summed E-state index contributed by atoms with van der Waals surface area (Å²) in [6, 6.07) is 10.9. The minimum Gasteiger partial charge on any atom is -0.462 e. The normalized spacial score (nSPS) is 10.1. The van der Waals surface area contributed by atoms with Gasteiger partial charge in [0.25, 0.3) is 5.91 Å². The molecule has 0 bridgehead atoms. The van der Waals surface area contributed by atoms with Crippen LogP contribution in [-0.2, 0) is 14.3 Å². The minimum atomic E-state index is -0.728.